The SMILES string of the molecule is NC(=NCc1ccc(N2CCOCC2)c(F)c1)NC1CCCCCC1. The summed E-state index contributed by atoms with van der Waals surface area (Å²) < 4.78 is 19.7. The number of hydrogen-bond donors (Lipinski definition) is 2. The number of anilines is 1. The molecule has 1 aromatic carbocycles. The van der Waals surface area contributed by atoms with E-state index < -0.39 is 0 Å². The second-order valence-electron chi connectivity index (χ2n) is 6.92. The van der Waals surface area contributed by atoms with Crippen LogP contribution in [0.2, 0.25) is 0 Å². The van der Waals surface area contributed by atoms with Crippen LogP contribution in [0.4, 0.5) is 10.1 Å². The fraction of sp³-hybridized carbons (Fsp3) is 0.632. The lowest BCUT2D eigenvalue weighted by atomic mass is 10.1. The van der Waals surface area contributed by atoms with Gasteiger partial charge in [-0.05, 0) is 30.5 Å². The first-order valence-electron chi connectivity index (χ1n) is 9.40. The summed E-state index contributed by atoms with van der Waals surface area (Å²) in [6.45, 7) is 3.15. The summed E-state index contributed by atoms with van der Waals surface area (Å²) in [7, 11) is 0. The van der Waals surface area contributed by atoms with Crippen molar-refractivity contribution in [3.63, 3.8) is 0 Å². The van der Waals surface area contributed by atoms with E-state index in [1.54, 1.807) is 6.07 Å². The summed E-state index contributed by atoms with van der Waals surface area (Å²) in [6, 6.07) is 5.75. The third-order valence-electron chi connectivity index (χ3n) is 5.00. The largest absolute Gasteiger partial charge is 0.378 e. The number of rotatable bonds is 4. The molecule has 25 heavy (non-hydrogen) atoms. The molecule has 6 heteroatoms. The van der Waals surface area contributed by atoms with Crippen molar-refractivity contribution in [2.24, 2.45) is 10.7 Å². The summed E-state index contributed by atoms with van der Waals surface area (Å²) >= 11 is 0. The molecule has 3 rings (SSSR count). The summed E-state index contributed by atoms with van der Waals surface area (Å²) in [4.78, 5) is 6.41. The van der Waals surface area contributed by atoms with Crippen LogP contribution in [-0.2, 0) is 11.3 Å². The molecular weight excluding hydrogens is 319 g/mol. The third-order valence-corrected chi connectivity index (χ3v) is 5.00. The Hall–Kier alpha value is -1.82. The topological polar surface area (TPSA) is 62.9 Å². The van der Waals surface area contributed by atoms with E-state index in [1.807, 2.05) is 17.0 Å². The van der Waals surface area contributed by atoms with Gasteiger partial charge in [0, 0.05) is 19.1 Å². The molecule has 1 saturated heterocycles. The van der Waals surface area contributed by atoms with Gasteiger partial charge in [0.1, 0.15) is 5.82 Å². The lowest BCUT2D eigenvalue weighted by Crippen LogP contribution is -2.39. The maximum Gasteiger partial charge on any atom is 0.189 e. The Labute approximate surface area is 149 Å². The summed E-state index contributed by atoms with van der Waals surface area (Å²) in [6.07, 6.45) is 7.42. The minimum Gasteiger partial charge on any atom is -0.378 e. The first-order chi connectivity index (χ1) is 12.2. The summed E-state index contributed by atoms with van der Waals surface area (Å²) in [5.74, 6) is 0.259. The van der Waals surface area contributed by atoms with Gasteiger partial charge < -0.3 is 20.7 Å². The van der Waals surface area contributed by atoms with Crippen molar-refractivity contribution in [2.75, 3.05) is 31.2 Å². The maximum atomic E-state index is 14.4. The first-order valence-corrected chi connectivity index (χ1v) is 9.40. The zero-order valence-corrected chi connectivity index (χ0v) is 14.8. The van der Waals surface area contributed by atoms with E-state index in [0.29, 0.717) is 37.4 Å². The van der Waals surface area contributed by atoms with E-state index in [1.165, 1.54) is 25.7 Å². The van der Waals surface area contributed by atoms with Crippen LogP contribution in [0.5, 0.6) is 0 Å². The van der Waals surface area contributed by atoms with Crippen molar-refractivity contribution in [1.29, 1.82) is 0 Å². The van der Waals surface area contributed by atoms with Crippen molar-refractivity contribution in [3.8, 4) is 0 Å². The van der Waals surface area contributed by atoms with Crippen LogP contribution < -0.4 is 16.0 Å². The maximum absolute atomic E-state index is 14.4. The smallest absolute Gasteiger partial charge is 0.189 e. The molecule has 0 amide bonds. The number of aliphatic imine (C=N–C) groups is 1. The molecule has 0 bridgehead atoms. The Balaban J connectivity index is 1.55. The molecule has 1 saturated carbocycles. The van der Waals surface area contributed by atoms with Gasteiger partial charge in [-0.15, -0.1) is 0 Å². The van der Waals surface area contributed by atoms with Crippen LogP contribution in [0.15, 0.2) is 23.2 Å². The Morgan fingerprint density at radius 2 is 1.92 bits per heavy atom. The van der Waals surface area contributed by atoms with Gasteiger partial charge in [0.2, 0.25) is 0 Å². The van der Waals surface area contributed by atoms with Gasteiger partial charge in [0.25, 0.3) is 0 Å². The van der Waals surface area contributed by atoms with E-state index in [0.717, 1.165) is 31.5 Å². The van der Waals surface area contributed by atoms with Gasteiger partial charge in [0.05, 0.1) is 25.4 Å². The number of ether oxygens (including phenoxy) is 1. The van der Waals surface area contributed by atoms with Crippen LogP contribution in [-0.4, -0.2) is 38.3 Å². The van der Waals surface area contributed by atoms with Crippen molar-refractivity contribution in [1.82, 2.24) is 5.32 Å². The lowest BCUT2D eigenvalue weighted by molar-refractivity contribution is 0.122. The molecule has 0 radical (unpaired) electrons. The monoisotopic (exact) mass is 348 g/mol. The summed E-state index contributed by atoms with van der Waals surface area (Å²) in [5, 5.41) is 3.32. The molecule has 138 valence electrons. The molecule has 1 aromatic rings. The predicted octanol–water partition coefficient (Wildman–Crippen LogP) is 2.79. The number of nitrogens with zero attached hydrogens (tertiary/aromatic N) is 2. The highest BCUT2D eigenvalue weighted by atomic mass is 19.1. The molecule has 1 aliphatic carbocycles. The lowest BCUT2D eigenvalue weighted by Gasteiger charge is -2.29. The van der Waals surface area contributed by atoms with E-state index >= 15 is 0 Å². The van der Waals surface area contributed by atoms with Gasteiger partial charge in [-0.2, -0.15) is 0 Å². The fourth-order valence-electron chi connectivity index (χ4n) is 3.56. The second kappa shape index (κ2) is 9.04. The molecule has 1 aliphatic heterocycles. The summed E-state index contributed by atoms with van der Waals surface area (Å²) in [5.41, 5.74) is 7.48. The normalized spacial score (nSPS) is 20.4. The molecule has 5 nitrogen and oxygen atoms in total. The molecule has 1 heterocycles. The van der Waals surface area contributed by atoms with E-state index in [-0.39, 0.29) is 5.82 Å². The molecule has 2 aliphatic rings. The highest BCUT2D eigenvalue weighted by molar-refractivity contribution is 5.78. The Morgan fingerprint density at radius 1 is 1.20 bits per heavy atom. The van der Waals surface area contributed by atoms with E-state index in [4.69, 9.17) is 10.5 Å². The van der Waals surface area contributed by atoms with Crippen molar-refractivity contribution in [3.05, 3.63) is 29.6 Å². The quantitative estimate of drug-likeness (QED) is 0.499. The van der Waals surface area contributed by atoms with Crippen LogP contribution in [0.3, 0.4) is 0 Å². The van der Waals surface area contributed by atoms with E-state index in [9.17, 15) is 4.39 Å². The highest BCUT2D eigenvalue weighted by Crippen LogP contribution is 2.22. The number of guanidine groups is 1. The number of morpholine rings is 1. The van der Waals surface area contributed by atoms with Gasteiger partial charge in [0.15, 0.2) is 5.96 Å². The van der Waals surface area contributed by atoms with Crippen LogP contribution in [0.25, 0.3) is 0 Å². The Bertz CT molecular complexity index is 579. The Kier molecular flexibility index (Phi) is 6.50. The van der Waals surface area contributed by atoms with Crippen LogP contribution in [0, 0.1) is 5.82 Å². The second-order valence-corrected chi connectivity index (χ2v) is 6.92. The van der Waals surface area contributed by atoms with Crippen molar-refractivity contribution in [2.45, 2.75) is 51.1 Å². The van der Waals surface area contributed by atoms with Crippen LogP contribution in [0.1, 0.15) is 44.1 Å². The number of nitrogens with one attached hydrogen (secondary N) is 1. The molecule has 0 aromatic heterocycles. The number of hydrogen-bond acceptors (Lipinski definition) is 3. The van der Waals surface area contributed by atoms with Gasteiger partial charge >= 0.3 is 0 Å². The molecule has 3 N–H and O–H groups in total. The molecule has 0 spiro atoms. The first kappa shape index (κ1) is 18.0. The van der Waals surface area contributed by atoms with E-state index in [2.05, 4.69) is 10.3 Å². The molecular formula is C19H29FN4O. The average molecular weight is 348 g/mol. The Morgan fingerprint density at radius 3 is 2.60 bits per heavy atom. The number of benzene rings is 1. The minimum absolute atomic E-state index is 0.204. The van der Waals surface area contributed by atoms with Gasteiger partial charge in [-0.25, -0.2) is 9.38 Å². The zero-order chi connectivity index (χ0) is 17.5. The zero-order valence-electron chi connectivity index (χ0n) is 14.8. The minimum atomic E-state index is -0.204. The number of nitrogens with two attached hydrogens (primary N) is 1. The van der Waals surface area contributed by atoms with Crippen molar-refractivity contribution < 1.29 is 9.13 Å². The molecule has 0 atom stereocenters. The average Bonchev–Trinajstić information content (AvgIpc) is 2.89. The van der Waals surface area contributed by atoms with Crippen LogP contribution >= 0.6 is 0 Å². The van der Waals surface area contributed by atoms with Gasteiger partial charge in [-0.3, -0.25) is 0 Å². The van der Waals surface area contributed by atoms with Gasteiger partial charge in [-0.1, -0.05) is 31.7 Å². The number of halogens is 1. The third kappa shape index (κ3) is 5.33. The molecule has 2 fully saturated rings. The predicted molar refractivity (Wildman–Crippen MR) is 99.4 cm³/mol. The molecule has 0 unspecified atom stereocenters. The van der Waals surface area contributed by atoms with Crippen molar-refractivity contribution >= 4 is 11.6 Å². The highest BCUT2D eigenvalue weighted by Gasteiger charge is 2.15. The fourth-order valence-corrected chi connectivity index (χ4v) is 3.56. The standard InChI is InChI=1S/C19H29FN4O/c20-17-13-15(7-8-18(17)24-9-11-25-12-10-24)14-22-19(21)23-16-5-3-1-2-4-6-16/h7-8,13,16H,1-6,9-12,14H2,(H3,21,22,23).